The molecule has 0 bridgehead atoms. The molecule has 0 saturated heterocycles. The molecule has 0 N–H and O–H groups in total. The highest BCUT2D eigenvalue weighted by atomic mass is 32.2. The van der Waals surface area contributed by atoms with Gasteiger partial charge in [-0.05, 0) is 52.7 Å². The lowest BCUT2D eigenvalue weighted by molar-refractivity contribution is 0.0917. The summed E-state index contributed by atoms with van der Waals surface area (Å²) in [7, 11) is -3.44. The molecule has 0 amide bonds. The average Bonchev–Trinajstić information content (AvgIpc) is 3.69. The number of rotatable bonds is 10. The number of Topliss-reactive ketones (excluding diaryl/α,β-unsaturated/α-hetero) is 2. The van der Waals surface area contributed by atoms with Gasteiger partial charge in [0.15, 0.2) is 22.2 Å². The Bertz CT molecular complexity index is 1720. The highest BCUT2D eigenvalue weighted by molar-refractivity contribution is 7.90. The van der Waals surface area contributed by atoms with Crippen LogP contribution in [0.4, 0.5) is 4.39 Å². The van der Waals surface area contributed by atoms with E-state index in [2.05, 4.69) is 5.10 Å². The predicted octanol–water partition coefficient (Wildman–Crippen LogP) is 6.03. The van der Waals surface area contributed by atoms with Gasteiger partial charge in [0.25, 0.3) is 0 Å². The lowest BCUT2D eigenvalue weighted by Gasteiger charge is -2.11. The van der Waals surface area contributed by atoms with Crippen molar-refractivity contribution in [1.82, 2.24) is 9.78 Å². The van der Waals surface area contributed by atoms with Crippen LogP contribution in [-0.2, 0) is 16.4 Å². The lowest BCUT2D eigenvalue weighted by atomic mass is 10.0. The molecule has 0 unspecified atom stereocenters. The van der Waals surface area contributed by atoms with Gasteiger partial charge in [0.2, 0.25) is 11.7 Å². The minimum atomic E-state index is -3.44. The molecule has 2 aromatic carbocycles. The number of sulfone groups is 1. The molecule has 3 heterocycles. The quantitative estimate of drug-likeness (QED) is 0.187. The third-order valence-corrected chi connectivity index (χ3v) is 8.78. The van der Waals surface area contributed by atoms with Gasteiger partial charge in [0.1, 0.15) is 12.4 Å². The van der Waals surface area contributed by atoms with Crippen molar-refractivity contribution in [2.24, 2.45) is 0 Å². The molecular weight excluding hydrogens is 560 g/mol. The lowest BCUT2D eigenvalue weighted by Crippen LogP contribution is -2.13. The van der Waals surface area contributed by atoms with Crippen LogP contribution in [0.1, 0.15) is 19.3 Å². The zero-order valence-corrected chi connectivity index (χ0v) is 23.0. The summed E-state index contributed by atoms with van der Waals surface area (Å²) < 4.78 is 45.3. The Morgan fingerprint density at radius 2 is 1.46 bits per heavy atom. The van der Waals surface area contributed by atoms with E-state index in [1.807, 2.05) is 0 Å². The third-order valence-electron chi connectivity index (χ3n) is 5.83. The minimum absolute atomic E-state index is 0.0904. The maximum Gasteiger partial charge on any atom is 0.241 e. The van der Waals surface area contributed by atoms with Crippen molar-refractivity contribution in [3.05, 3.63) is 99.1 Å². The number of halogens is 1. The second-order valence-electron chi connectivity index (χ2n) is 8.58. The van der Waals surface area contributed by atoms with Crippen LogP contribution in [0.25, 0.3) is 22.4 Å². The van der Waals surface area contributed by atoms with Crippen molar-refractivity contribution in [1.29, 1.82) is 0 Å². The van der Waals surface area contributed by atoms with E-state index in [1.165, 1.54) is 51.6 Å². The number of ether oxygens (including phenoxy) is 1. The SMILES string of the molecule is CS(=O)(=O)c1ccc(-c2c(-c3ccc(F)cc3)c(OCC(=O)c3cccs3)nn2CC(=O)c2cccs2)cc1. The zero-order chi connectivity index (χ0) is 27.6. The summed E-state index contributed by atoms with van der Waals surface area (Å²) in [4.78, 5) is 27.0. The fourth-order valence-corrected chi connectivity index (χ4v) is 5.92. The van der Waals surface area contributed by atoms with Crippen LogP contribution in [0.2, 0.25) is 0 Å². The maximum atomic E-state index is 13.8. The van der Waals surface area contributed by atoms with Gasteiger partial charge in [-0.1, -0.05) is 36.4 Å². The van der Waals surface area contributed by atoms with Gasteiger partial charge < -0.3 is 4.74 Å². The molecule has 0 aliphatic rings. The molecule has 0 radical (unpaired) electrons. The number of carbonyl (C=O) groups excluding carboxylic acids is 2. The molecule has 7 nitrogen and oxygen atoms in total. The molecule has 0 saturated carbocycles. The van der Waals surface area contributed by atoms with Crippen molar-refractivity contribution in [2.45, 2.75) is 11.4 Å². The van der Waals surface area contributed by atoms with Crippen LogP contribution < -0.4 is 4.74 Å². The number of thiophene rings is 2. The van der Waals surface area contributed by atoms with Crippen LogP contribution >= 0.6 is 22.7 Å². The molecule has 198 valence electrons. The number of benzene rings is 2. The normalized spacial score (nSPS) is 11.4. The van der Waals surface area contributed by atoms with Gasteiger partial charge in [0, 0.05) is 11.8 Å². The highest BCUT2D eigenvalue weighted by Crippen LogP contribution is 2.40. The Labute approximate surface area is 232 Å². The number of nitrogens with zero attached hydrogens (tertiary/aromatic N) is 2. The van der Waals surface area contributed by atoms with Gasteiger partial charge in [-0.2, -0.15) is 0 Å². The van der Waals surface area contributed by atoms with Crippen LogP contribution in [0.3, 0.4) is 0 Å². The largest absolute Gasteiger partial charge is 0.468 e. The standard InChI is InChI=1S/C28H21FN2O5S3/c1-39(34,35)21-12-8-19(9-13-21)27-26(18-6-10-20(29)11-7-18)28(36-17-23(33)25-5-3-15-38-25)30-31(27)16-22(32)24-4-2-14-37-24/h2-15H,16-17H2,1H3. The van der Waals surface area contributed by atoms with Gasteiger partial charge in [-0.15, -0.1) is 27.8 Å². The van der Waals surface area contributed by atoms with E-state index in [-0.39, 0.29) is 35.5 Å². The monoisotopic (exact) mass is 580 g/mol. The molecule has 0 spiro atoms. The van der Waals surface area contributed by atoms with Crippen LogP contribution in [0.5, 0.6) is 5.88 Å². The first-order valence-electron chi connectivity index (χ1n) is 11.6. The molecule has 5 rings (SSSR count). The Morgan fingerprint density at radius 1 is 0.872 bits per heavy atom. The van der Waals surface area contributed by atoms with Gasteiger partial charge in [-0.3, -0.25) is 14.3 Å². The summed E-state index contributed by atoms with van der Waals surface area (Å²) in [6, 6.07) is 18.8. The zero-order valence-electron chi connectivity index (χ0n) is 20.5. The Kier molecular flexibility index (Phi) is 7.56. The molecule has 0 fully saturated rings. The second kappa shape index (κ2) is 11.0. The average molecular weight is 581 g/mol. The van der Waals surface area contributed by atoms with Crippen LogP contribution in [0.15, 0.2) is 88.5 Å². The van der Waals surface area contributed by atoms with Crippen molar-refractivity contribution in [3.8, 4) is 28.3 Å². The number of hydrogen-bond donors (Lipinski definition) is 0. The molecule has 0 aliphatic heterocycles. The Morgan fingerprint density at radius 3 is 2.03 bits per heavy atom. The van der Waals surface area contributed by atoms with Crippen molar-refractivity contribution in [3.63, 3.8) is 0 Å². The summed E-state index contributed by atoms with van der Waals surface area (Å²) >= 11 is 2.60. The summed E-state index contributed by atoms with van der Waals surface area (Å²) in [5.41, 5.74) is 2.02. The van der Waals surface area contributed by atoms with Gasteiger partial charge in [0.05, 0.1) is 25.9 Å². The van der Waals surface area contributed by atoms with Crippen molar-refractivity contribution < 1.29 is 27.1 Å². The van der Waals surface area contributed by atoms with E-state index in [9.17, 15) is 22.4 Å². The van der Waals surface area contributed by atoms with E-state index < -0.39 is 15.7 Å². The Hall–Kier alpha value is -3.93. The molecule has 5 aromatic rings. The van der Waals surface area contributed by atoms with E-state index in [4.69, 9.17) is 4.74 Å². The van der Waals surface area contributed by atoms with Crippen molar-refractivity contribution >= 4 is 44.1 Å². The second-order valence-corrected chi connectivity index (χ2v) is 12.5. The fourth-order valence-electron chi connectivity index (χ4n) is 3.98. The molecule has 3 aromatic heterocycles. The summed E-state index contributed by atoms with van der Waals surface area (Å²) in [5.74, 6) is -0.771. The number of hydrogen-bond acceptors (Lipinski definition) is 8. The first-order valence-corrected chi connectivity index (χ1v) is 15.3. The predicted molar refractivity (Wildman–Crippen MR) is 149 cm³/mol. The molecule has 39 heavy (non-hydrogen) atoms. The highest BCUT2D eigenvalue weighted by Gasteiger charge is 2.25. The topological polar surface area (TPSA) is 95.3 Å². The number of carbonyl (C=O) groups is 2. The van der Waals surface area contributed by atoms with Crippen LogP contribution in [0, 0.1) is 5.82 Å². The number of aromatic nitrogens is 2. The smallest absolute Gasteiger partial charge is 0.241 e. The third kappa shape index (κ3) is 5.90. The fraction of sp³-hybridized carbons (Fsp3) is 0.107. The van der Waals surface area contributed by atoms with Crippen LogP contribution in [-0.4, -0.2) is 42.6 Å². The molecule has 0 atom stereocenters. The van der Waals surface area contributed by atoms with Gasteiger partial charge in [-0.25, -0.2) is 12.8 Å². The number of ketones is 2. The van der Waals surface area contributed by atoms with E-state index in [0.29, 0.717) is 32.1 Å². The van der Waals surface area contributed by atoms with Gasteiger partial charge >= 0.3 is 0 Å². The minimum Gasteiger partial charge on any atom is -0.468 e. The molecule has 11 heteroatoms. The maximum absolute atomic E-state index is 13.8. The summed E-state index contributed by atoms with van der Waals surface area (Å²) in [6.45, 7) is -0.433. The van der Waals surface area contributed by atoms with Crippen molar-refractivity contribution in [2.75, 3.05) is 12.9 Å². The summed E-state index contributed by atoms with van der Waals surface area (Å²) in [5, 5.41) is 8.17. The summed E-state index contributed by atoms with van der Waals surface area (Å²) in [6.07, 6.45) is 1.12. The molecular formula is C28H21FN2O5S3. The molecule has 0 aliphatic carbocycles. The van der Waals surface area contributed by atoms with E-state index in [0.717, 1.165) is 6.26 Å². The van der Waals surface area contributed by atoms with E-state index >= 15 is 0 Å². The first-order chi connectivity index (χ1) is 18.7. The Balaban J connectivity index is 1.65. The van der Waals surface area contributed by atoms with E-state index in [1.54, 1.807) is 59.3 Å². The first kappa shape index (κ1) is 26.7.